The first-order valence-corrected chi connectivity index (χ1v) is 10.7. The van der Waals surface area contributed by atoms with E-state index < -0.39 is 6.10 Å². The number of aliphatic hydroxyl groups is 3. The van der Waals surface area contributed by atoms with Gasteiger partial charge < -0.3 is 25.1 Å². The maximum Gasteiger partial charge on any atom is 0.189 e. The normalized spacial score (nSPS) is 14.8. The predicted molar refractivity (Wildman–Crippen MR) is 129 cm³/mol. The van der Waals surface area contributed by atoms with Gasteiger partial charge in [-0.2, -0.15) is 0 Å². The van der Waals surface area contributed by atoms with Gasteiger partial charge in [0, 0.05) is 24.2 Å². The second kappa shape index (κ2) is 9.08. The van der Waals surface area contributed by atoms with Crippen LogP contribution in [0.4, 0.5) is 0 Å². The number of hydrogen-bond acceptors (Lipinski definition) is 5. The van der Waals surface area contributed by atoms with Crippen LogP contribution in [0.5, 0.6) is 0 Å². The Morgan fingerprint density at radius 1 is 0.900 bits per heavy atom. The molecule has 0 aromatic heterocycles. The summed E-state index contributed by atoms with van der Waals surface area (Å²) in [5.74, 6) is 0. The molecule has 7 heteroatoms. The van der Waals surface area contributed by atoms with E-state index in [-0.39, 0.29) is 10.1 Å². The molecule has 0 spiro atoms. The van der Waals surface area contributed by atoms with Gasteiger partial charge in [-0.15, -0.1) is 0 Å². The average molecular weight is 445 g/mol. The summed E-state index contributed by atoms with van der Waals surface area (Å²) in [5, 5.41) is 31.1. The van der Waals surface area contributed by atoms with Gasteiger partial charge in [-0.05, 0) is 117 Å². The molecule has 0 bridgehead atoms. The zero-order chi connectivity index (χ0) is 22.2. The van der Waals surface area contributed by atoms with E-state index >= 15 is 0 Å². The Kier molecular flexibility index (Phi) is 6.89. The summed E-state index contributed by atoms with van der Waals surface area (Å²) in [6, 6.07) is 7.45. The molecule has 3 rings (SSSR count). The van der Waals surface area contributed by atoms with Crippen molar-refractivity contribution in [1.82, 2.24) is 9.80 Å². The molecular formula is C23H28N2O3S2. The van der Waals surface area contributed by atoms with Crippen LogP contribution in [-0.2, 0) is 12.8 Å². The average Bonchev–Trinajstić information content (AvgIpc) is 2.95. The number of aliphatic hydroxyl groups excluding tert-OH is 3. The van der Waals surface area contributed by atoms with Crippen LogP contribution in [0.2, 0.25) is 0 Å². The zero-order valence-electron chi connectivity index (χ0n) is 17.8. The van der Waals surface area contributed by atoms with Gasteiger partial charge in [0.1, 0.15) is 6.10 Å². The van der Waals surface area contributed by atoms with Gasteiger partial charge in [-0.1, -0.05) is 6.07 Å². The van der Waals surface area contributed by atoms with Gasteiger partial charge in [0.2, 0.25) is 0 Å². The summed E-state index contributed by atoms with van der Waals surface area (Å²) < 4.78 is 0. The summed E-state index contributed by atoms with van der Waals surface area (Å²) in [5.41, 5.74) is 6.41. The van der Waals surface area contributed by atoms with Crippen molar-refractivity contribution in [2.75, 3.05) is 41.3 Å². The first-order chi connectivity index (χ1) is 14.1. The molecule has 5 nitrogen and oxygen atoms in total. The fraction of sp³-hybridized carbons (Fsp3) is 0.391. The van der Waals surface area contributed by atoms with Crippen LogP contribution in [-0.4, -0.2) is 76.5 Å². The van der Waals surface area contributed by atoms with E-state index in [0.717, 1.165) is 47.3 Å². The number of likely N-dealkylation sites (N-methyl/N-ethyl adjacent to an activating group) is 2. The van der Waals surface area contributed by atoms with Gasteiger partial charge >= 0.3 is 0 Å². The van der Waals surface area contributed by atoms with Gasteiger partial charge in [0.05, 0.1) is 0 Å². The lowest BCUT2D eigenvalue weighted by Crippen LogP contribution is -2.21. The van der Waals surface area contributed by atoms with Gasteiger partial charge in [-0.25, -0.2) is 0 Å². The molecule has 160 valence electrons. The molecule has 0 heterocycles. The molecule has 0 fully saturated rings. The molecule has 2 aromatic rings. The van der Waals surface area contributed by atoms with Crippen LogP contribution in [0.1, 0.15) is 39.5 Å². The van der Waals surface area contributed by atoms with E-state index in [1.807, 2.05) is 40.3 Å². The Morgan fingerprint density at radius 2 is 1.53 bits per heavy atom. The molecular weight excluding hydrogens is 416 g/mol. The van der Waals surface area contributed by atoms with Crippen molar-refractivity contribution in [3.63, 3.8) is 0 Å². The van der Waals surface area contributed by atoms with Crippen molar-refractivity contribution in [3.05, 3.63) is 57.6 Å². The van der Waals surface area contributed by atoms with Crippen molar-refractivity contribution in [2.45, 2.75) is 18.9 Å². The minimum Gasteiger partial charge on any atom is -0.499 e. The Morgan fingerprint density at radius 3 is 2.10 bits per heavy atom. The van der Waals surface area contributed by atoms with Crippen LogP contribution >= 0.6 is 24.4 Å². The monoisotopic (exact) mass is 444 g/mol. The molecule has 0 aliphatic heterocycles. The molecule has 1 unspecified atom stereocenters. The van der Waals surface area contributed by atoms with Gasteiger partial charge in [-0.3, -0.25) is 0 Å². The summed E-state index contributed by atoms with van der Waals surface area (Å²) in [7, 11) is 8.00. The molecule has 0 amide bonds. The summed E-state index contributed by atoms with van der Waals surface area (Å²) in [4.78, 5) is 4.16. The van der Waals surface area contributed by atoms with E-state index in [0.29, 0.717) is 23.1 Å². The molecule has 1 aliphatic rings. The zero-order valence-corrected chi connectivity index (χ0v) is 19.4. The maximum absolute atomic E-state index is 11.2. The number of rotatable bonds is 8. The van der Waals surface area contributed by atoms with Crippen molar-refractivity contribution in [3.8, 4) is 11.1 Å². The van der Waals surface area contributed by atoms with E-state index in [9.17, 15) is 15.3 Å². The quantitative estimate of drug-likeness (QED) is 0.539. The molecule has 3 N–H and O–H groups in total. The summed E-state index contributed by atoms with van der Waals surface area (Å²) >= 11 is 10.1. The number of benzene rings is 2. The molecule has 30 heavy (non-hydrogen) atoms. The molecule has 1 atom stereocenters. The third-order valence-electron chi connectivity index (χ3n) is 5.56. The largest absolute Gasteiger partial charge is 0.499 e. The smallest absolute Gasteiger partial charge is 0.189 e. The van der Waals surface area contributed by atoms with E-state index in [1.165, 1.54) is 0 Å². The van der Waals surface area contributed by atoms with E-state index in [4.69, 9.17) is 24.4 Å². The first kappa shape index (κ1) is 22.8. The van der Waals surface area contributed by atoms with Crippen LogP contribution in [0, 0.1) is 0 Å². The highest BCUT2D eigenvalue weighted by Crippen LogP contribution is 2.47. The third kappa shape index (κ3) is 4.40. The topological polar surface area (TPSA) is 67.2 Å². The number of nitrogens with zero attached hydrogens (tertiary/aromatic N) is 2. The van der Waals surface area contributed by atoms with Gasteiger partial charge in [0.15, 0.2) is 10.1 Å². The number of hydrogen-bond donors (Lipinski definition) is 3. The highest BCUT2D eigenvalue weighted by Gasteiger charge is 2.33. The van der Waals surface area contributed by atoms with E-state index in [2.05, 4.69) is 9.80 Å². The van der Waals surface area contributed by atoms with Crippen molar-refractivity contribution < 1.29 is 15.3 Å². The van der Waals surface area contributed by atoms with Crippen LogP contribution in [0.25, 0.3) is 11.1 Å². The maximum atomic E-state index is 11.2. The minimum atomic E-state index is -0.863. The van der Waals surface area contributed by atoms with Crippen LogP contribution < -0.4 is 0 Å². The lowest BCUT2D eigenvalue weighted by Gasteiger charge is -2.22. The van der Waals surface area contributed by atoms with Gasteiger partial charge in [0.25, 0.3) is 0 Å². The lowest BCUT2D eigenvalue weighted by molar-refractivity contribution is 0.223. The Bertz CT molecular complexity index is 1000. The predicted octanol–water partition coefficient (Wildman–Crippen LogP) is 3.42. The highest BCUT2D eigenvalue weighted by molar-refractivity contribution is 7.80. The first-order valence-electron chi connectivity index (χ1n) is 9.88. The molecule has 0 radical (unpaired) electrons. The summed E-state index contributed by atoms with van der Waals surface area (Å²) in [6.07, 6.45) is 0.518. The van der Waals surface area contributed by atoms with Crippen molar-refractivity contribution >= 4 is 34.5 Å². The van der Waals surface area contributed by atoms with Crippen molar-refractivity contribution in [2.24, 2.45) is 0 Å². The molecule has 2 aromatic carbocycles. The fourth-order valence-corrected chi connectivity index (χ4v) is 4.46. The second-order valence-electron chi connectivity index (χ2n) is 8.27. The Hall–Kier alpha value is -1.90. The fourth-order valence-electron chi connectivity index (χ4n) is 4.08. The highest BCUT2D eigenvalue weighted by atomic mass is 32.1. The van der Waals surface area contributed by atoms with Crippen LogP contribution in [0.3, 0.4) is 0 Å². The SMILES string of the molecule is CN(C)CCc1cc2c(c(CCN(C)C)c1C(O)=S)C(O)c1cc(C(O)=S)ccc1-2. The second-order valence-corrected chi connectivity index (χ2v) is 9.05. The van der Waals surface area contributed by atoms with Crippen molar-refractivity contribution in [1.29, 1.82) is 0 Å². The third-order valence-corrected chi connectivity index (χ3v) is 6.00. The number of thiocarbonyl (C=S) groups is 2. The number of fused-ring (bicyclic) bond motifs is 3. The molecule has 0 saturated carbocycles. The molecule has 1 aliphatic carbocycles. The Labute approximate surface area is 188 Å². The Balaban J connectivity index is 2.24. The standard InChI is InChI=1S/C23H28N2O3S2/c1-24(2)9-7-13-11-17-15-6-5-14(22(27)29)12-18(15)21(26)20(17)16(8-10-25(3)4)19(13)23(28)30/h5-6,11-12,21,26H,7-10H2,1-4H3,(H,27,29)(H,28,30). The van der Waals surface area contributed by atoms with Crippen LogP contribution in [0.15, 0.2) is 24.3 Å². The lowest BCUT2D eigenvalue weighted by atomic mass is 9.88. The minimum absolute atomic E-state index is 0.138. The van der Waals surface area contributed by atoms with E-state index in [1.54, 1.807) is 12.1 Å². The summed E-state index contributed by atoms with van der Waals surface area (Å²) in [6.45, 7) is 1.57. The molecule has 0 saturated heterocycles.